The quantitative estimate of drug-likeness (QED) is 0.673. The molecule has 0 spiro atoms. The maximum Gasteiger partial charge on any atom is 0.434 e. The topological polar surface area (TPSA) is 74.9 Å². The Labute approximate surface area is 79.9 Å². The van der Waals surface area contributed by atoms with Gasteiger partial charge in [0.05, 0.1) is 0 Å². The summed E-state index contributed by atoms with van der Waals surface area (Å²) in [6.07, 6.45) is 0.386. The number of nitrogens with zero attached hydrogens (tertiary/aromatic N) is 2. The van der Waals surface area contributed by atoms with E-state index in [0.29, 0.717) is 17.8 Å². The number of likely N-dealkylation sites (tertiary alicyclic amines) is 1. The zero-order valence-corrected chi connectivity index (χ0v) is 7.38. The van der Waals surface area contributed by atoms with Crippen LogP contribution in [0.25, 0.3) is 0 Å². The average Bonchev–Trinajstić information content (AvgIpc) is 2.32. The Morgan fingerprint density at radius 1 is 1.29 bits per heavy atom. The lowest BCUT2D eigenvalue weighted by molar-refractivity contribution is 0.0582. The van der Waals surface area contributed by atoms with Gasteiger partial charge in [0, 0.05) is 25.2 Å². The Kier molecular flexibility index (Phi) is 1.95. The molecule has 0 radical (unpaired) electrons. The van der Waals surface area contributed by atoms with Crippen LogP contribution in [-0.4, -0.2) is 39.0 Å². The van der Waals surface area contributed by atoms with E-state index >= 15 is 0 Å². The van der Waals surface area contributed by atoms with E-state index in [1.54, 1.807) is 0 Å². The number of aromatic nitrogens is 1. The molecule has 6 heteroatoms. The normalized spacial score (nSPS) is 15.0. The second-order valence-electron chi connectivity index (χ2n) is 3.04. The van der Waals surface area contributed by atoms with Crippen molar-refractivity contribution in [3.8, 4) is 11.8 Å². The van der Waals surface area contributed by atoms with Crippen LogP contribution in [0.4, 0.5) is 4.79 Å². The molecule has 0 bridgehead atoms. The molecule has 0 aromatic carbocycles. The SMILES string of the molecule is O=C(On1c(O)ccc1O)N1CCC1. The van der Waals surface area contributed by atoms with Crippen molar-refractivity contribution in [1.82, 2.24) is 9.63 Å². The molecule has 2 heterocycles. The molecule has 14 heavy (non-hydrogen) atoms. The third kappa shape index (κ3) is 1.34. The van der Waals surface area contributed by atoms with E-state index in [2.05, 4.69) is 0 Å². The average molecular weight is 198 g/mol. The maximum absolute atomic E-state index is 11.3. The van der Waals surface area contributed by atoms with Crippen LogP contribution in [0.1, 0.15) is 6.42 Å². The number of hydrogen-bond acceptors (Lipinski definition) is 4. The highest BCUT2D eigenvalue weighted by Crippen LogP contribution is 2.19. The molecule has 1 aliphatic rings. The summed E-state index contributed by atoms with van der Waals surface area (Å²) in [5.41, 5.74) is 0. The monoisotopic (exact) mass is 198 g/mol. The highest BCUT2D eigenvalue weighted by atomic mass is 16.7. The van der Waals surface area contributed by atoms with Crippen LogP contribution >= 0.6 is 0 Å². The Balaban J connectivity index is 2.06. The van der Waals surface area contributed by atoms with Gasteiger partial charge in [0.15, 0.2) is 0 Å². The van der Waals surface area contributed by atoms with Gasteiger partial charge in [-0.3, -0.25) is 0 Å². The molecular formula is C8H10N2O4. The van der Waals surface area contributed by atoms with E-state index in [1.807, 2.05) is 0 Å². The Hall–Kier alpha value is -1.85. The summed E-state index contributed by atoms with van der Waals surface area (Å²) in [5.74, 6) is -0.618. The summed E-state index contributed by atoms with van der Waals surface area (Å²) < 4.78 is 0.681. The van der Waals surface area contributed by atoms with Crippen LogP contribution in [0.3, 0.4) is 0 Å². The molecule has 1 fully saturated rings. The highest BCUT2D eigenvalue weighted by molar-refractivity contribution is 5.69. The summed E-state index contributed by atoms with van der Waals surface area (Å²) >= 11 is 0. The third-order valence-corrected chi connectivity index (χ3v) is 2.08. The highest BCUT2D eigenvalue weighted by Gasteiger charge is 2.23. The number of carbonyl (C=O) groups excluding carboxylic acids is 1. The summed E-state index contributed by atoms with van der Waals surface area (Å²) in [6, 6.07) is 2.47. The van der Waals surface area contributed by atoms with Crippen molar-refractivity contribution in [3.05, 3.63) is 12.1 Å². The van der Waals surface area contributed by atoms with Crippen LogP contribution in [0.2, 0.25) is 0 Å². The Morgan fingerprint density at radius 2 is 1.86 bits per heavy atom. The van der Waals surface area contributed by atoms with Crippen LogP contribution in [-0.2, 0) is 0 Å². The molecule has 0 saturated carbocycles. The second-order valence-corrected chi connectivity index (χ2v) is 3.04. The van der Waals surface area contributed by atoms with E-state index in [4.69, 9.17) is 15.1 Å². The third-order valence-electron chi connectivity index (χ3n) is 2.08. The fourth-order valence-electron chi connectivity index (χ4n) is 1.13. The molecule has 76 valence electrons. The van der Waals surface area contributed by atoms with Crippen LogP contribution in [0.15, 0.2) is 12.1 Å². The van der Waals surface area contributed by atoms with Gasteiger partial charge in [0.2, 0.25) is 11.8 Å². The van der Waals surface area contributed by atoms with Crippen molar-refractivity contribution in [2.75, 3.05) is 13.1 Å². The molecule has 6 nitrogen and oxygen atoms in total. The van der Waals surface area contributed by atoms with Gasteiger partial charge in [-0.15, -0.1) is 4.73 Å². The molecule has 1 aliphatic heterocycles. The molecule has 1 saturated heterocycles. The summed E-state index contributed by atoms with van der Waals surface area (Å²) in [4.78, 5) is 17.5. The van der Waals surface area contributed by atoms with Crippen molar-refractivity contribution in [1.29, 1.82) is 0 Å². The van der Waals surface area contributed by atoms with Crippen molar-refractivity contribution >= 4 is 6.09 Å². The molecule has 1 aromatic rings. The number of carbonyl (C=O) groups is 1. The number of rotatable bonds is 1. The summed E-state index contributed by atoms with van der Waals surface area (Å²) in [6.45, 7) is 1.31. The van der Waals surface area contributed by atoms with Crippen molar-refractivity contribution < 1.29 is 19.8 Å². The molecule has 0 aliphatic carbocycles. The van der Waals surface area contributed by atoms with Gasteiger partial charge < -0.3 is 20.0 Å². The lowest BCUT2D eigenvalue weighted by Gasteiger charge is -2.29. The van der Waals surface area contributed by atoms with Crippen LogP contribution in [0.5, 0.6) is 11.8 Å². The minimum absolute atomic E-state index is 0.309. The second kappa shape index (κ2) is 3.13. The van der Waals surface area contributed by atoms with Crippen LogP contribution in [0, 0.1) is 0 Å². The summed E-state index contributed by atoms with van der Waals surface area (Å²) in [5, 5.41) is 18.3. The van der Waals surface area contributed by atoms with E-state index in [1.165, 1.54) is 17.0 Å². The van der Waals surface area contributed by atoms with Crippen molar-refractivity contribution in [3.63, 3.8) is 0 Å². The fourth-order valence-corrected chi connectivity index (χ4v) is 1.13. The van der Waals surface area contributed by atoms with Gasteiger partial charge in [0.1, 0.15) is 0 Å². The van der Waals surface area contributed by atoms with E-state index in [0.717, 1.165) is 6.42 Å². The van der Waals surface area contributed by atoms with Gasteiger partial charge in [0.25, 0.3) is 0 Å². The largest absolute Gasteiger partial charge is 0.492 e. The van der Waals surface area contributed by atoms with Crippen molar-refractivity contribution in [2.24, 2.45) is 0 Å². The lowest BCUT2D eigenvalue weighted by atomic mass is 10.2. The molecule has 1 amide bonds. The first-order chi connectivity index (χ1) is 6.68. The van der Waals surface area contributed by atoms with Gasteiger partial charge >= 0.3 is 6.09 Å². The first kappa shape index (κ1) is 8.74. The maximum atomic E-state index is 11.3. The molecule has 0 unspecified atom stereocenters. The fraction of sp³-hybridized carbons (Fsp3) is 0.375. The smallest absolute Gasteiger partial charge is 0.434 e. The van der Waals surface area contributed by atoms with Gasteiger partial charge in [-0.2, -0.15) is 0 Å². The molecule has 2 rings (SSSR count). The predicted molar refractivity (Wildman–Crippen MR) is 45.9 cm³/mol. The van der Waals surface area contributed by atoms with E-state index in [-0.39, 0.29) is 11.8 Å². The predicted octanol–water partition coefficient (Wildman–Crippen LogP) is 0.154. The first-order valence-corrected chi connectivity index (χ1v) is 4.25. The molecular weight excluding hydrogens is 188 g/mol. The summed E-state index contributed by atoms with van der Waals surface area (Å²) in [7, 11) is 0. The standard InChI is InChI=1S/C8H10N2O4/c11-6-2-3-7(12)10(6)14-8(13)9-4-1-5-9/h2-3,11-12H,1,4-5H2. The Morgan fingerprint density at radius 3 is 2.29 bits per heavy atom. The number of hydrogen-bond donors (Lipinski definition) is 2. The van der Waals surface area contributed by atoms with E-state index < -0.39 is 6.09 Å². The minimum atomic E-state index is -0.571. The molecule has 1 aromatic heterocycles. The van der Waals surface area contributed by atoms with Gasteiger partial charge in [-0.05, 0) is 6.42 Å². The zero-order valence-electron chi connectivity index (χ0n) is 7.38. The van der Waals surface area contributed by atoms with Gasteiger partial charge in [-0.1, -0.05) is 0 Å². The molecule has 2 N–H and O–H groups in total. The Bertz CT molecular complexity index is 337. The van der Waals surface area contributed by atoms with E-state index in [9.17, 15) is 4.79 Å². The lowest BCUT2D eigenvalue weighted by Crippen LogP contribution is -2.45. The first-order valence-electron chi connectivity index (χ1n) is 4.25. The van der Waals surface area contributed by atoms with Gasteiger partial charge in [-0.25, -0.2) is 4.79 Å². The molecule has 0 atom stereocenters. The van der Waals surface area contributed by atoms with Crippen molar-refractivity contribution in [2.45, 2.75) is 6.42 Å². The minimum Gasteiger partial charge on any atom is -0.492 e. The number of aromatic hydroxyl groups is 2. The van der Waals surface area contributed by atoms with Crippen LogP contribution < -0.4 is 4.84 Å². The zero-order chi connectivity index (χ0) is 10.1. The number of amides is 1.